The predicted molar refractivity (Wildman–Crippen MR) is 56.7 cm³/mol. The number of carbonyl (C=O) groups excluding carboxylic acids is 1. The second kappa shape index (κ2) is 3.18. The van der Waals surface area contributed by atoms with E-state index in [9.17, 15) is 4.79 Å². The molecule has 70 valence electrons. The van der Waals surface area contributed by atoms with Crippen molar-refractivity contribution in [3.63, 3.8) is 0 Å². The van der Waals surface area contributed by atoms with Gasteiger partial charge < -0.3 is 10.3 Å². The minimum atomic E-state index is -0.433. The first-order valence-electron chi connectivity index (χ1n) is 4.48. The summed E-state index contributed by atoms with van der Waals surface area (Å²) in [6.07, 6.45) is 1.90. The van der Waals surface area contributed by atoms with Crippen molar-refractivity contribution < 1.29 is 4.79 Å². The molecule has 1 aromatic carbocycles. The van der Waals surface area contributed by atoms with Gasteiger partial charge in [-0.3, -0.25) is 4.79 Å². The largest absolute Gasteiger partial charge is 0.366 e. The molecule has 1 amide bonds. The van der Waals surface area contributed by atoms with Crippen molar-refractivity contribution >= 4 is 24.2 Å². The van der Waals surface area contributed by atoms with Crippen LogP contribution < -0.4 is 5.73 Å². The molecule has 0 aliphatic carbocycles. The number of nitrogens with two attached hydrogens (primary N) is 1. The van der Waals surface area contributed by atoms with Crippen LogP contribution in [0.5, 0.6) is 0 Å². The first kappa shape index (κ1) is 8.81. The fourth-order valence-electron chi connectivity index (χ4n) is 1.46. The number of carbonyl (C=O) groups is 1. The van der Waals surface area contributed by atoms with E-state index in [0.29, 0.717) is 11.1 Å². The van der Waals surface area contributed by atoms with Crippen molar-refractivity contribution in [3.05, 3.63) is 30.0 Å². The fourth-order valence-corrected chi connectivity index (χ4v) is 1.46. The van der Waals surface area contributed by atoms with Gasteiger partial charge in [0.25, 0.3) is 13.3 Å². The molecule has 1 heterocycles. The Hall–Kier alpha value is -1.78. The average molecular weight is 187 g/mol. The van der Waals surface area contributed by atoms with Crippen LogP contribution in [0.3, 0.4) is 0 Å². The Labute approximate surface area is 82.0 Å². The topological polar surface area (TPSA) is 60.9 Å². The zero-order valence-corrected chi connectivity index (χ0v) is 7.90. The van der Waals surface area contributed by atoms with E-state index in [2.05, 4.69) is 5.10 Å². The summed E-state index contributed by atoms with van der Waals surface area (Å²) in [7, 11) is 0.785. The number of benzene rings is 1. The van der Waals surface area contributed by atoms with Gasteiger partial charge in [0.2, 0.25) is 0 Å². The monoisotopic (exact) mass is 187 g/mol. The second-order valence-corrected chi connectivity index (χ2v) is 3.09. The van der Waals surface area contributed by atoms with E-state index in [4.69, 9.17) is 5.73 Å². The molecule has 0 radical (unpaired) electrons. The Morgan fingerprint density at radius 3 is 3.00 bits per heavy atom. The summed E-state index contributed by atoms with van der Waals surface area (Å²) in [6, 6.07) is 5.42. The molecule has 4 nitrogen and oxygen atoms in total. The molecule has 0 spiro atoms. The SMILES string of the molecule is CBn1cc2cccc(C(N)=O)c2n1. The number of aromatic nitrogens is 2. The Morgan fingerprint density at radius 1 is 1.57 bits per heavy atom. The zero-order chi connectivity index (χ0) is 10.1. The Kier molecular flexibility index (Phi) is 2.00. The molecule has 2 aromatic rings. The summed E-state index contributed by atoms with van der Waals surface area (Å²) >= 11 is 0. The first-order valence-corrected chi connectivity index (χ1v) is 4.48. The number of amides is 1. The number of nitrogens with zero attached hydrogens (tertiary/aromatic N) is 2. The summed E-state index contributed by atoms with van der Waals surface area (Å²) < 4.78 is 1.79. The van der Waals surface area contributed by atoms with Gasteiger partial charge in [0.05, 0.1) is 5.56 Å². The minimum absolute atomic E-state index is 0.433. The number of primary amides is 1. The molecular formula is C9H10BN3O. The molecule has 0 bridgehead atoms. The van der Waals surface area contributed by atoms with Gasteiger partial charge in [0.1, 0.15) is 5.52 Å². The van der Waals surface area contributed by atoms with Gasteiger partial charge in [0.15, 0.2) is 0 Å². The number of hydrogen-bond acceptors (Lipinski definition) is 2. The summed E-state index contributed by atoms with van der Waals surface area (Å²) in [5, 5.41) is 5.22. The van der Waals surface area contributed by atoms with Crippen LogP contribution >= 0.6 is 0 Å². The normalized spacial score (nSPS) is 10.4. The number of hydrogen-bond donors (Lipinski definition) is 1. The fraction of sp³-hybridized carbons (Fsp3) is 0.111. The third-order valence-corrected chi connectivity index (χ3v) is 2.17. The van der Waals surface area contributed by atoms with E-state index < -0.39 is 5.91 Å². The van der Waals surface area contributed by atoms with Gasteiger partial charge in [-0.2, -0.15) is 5.10 Å². The molecule has 0 saturated heterocycles. The lowest BCUT2D eigenvalue weighted by atomic mass is 10.0. The maximum Gasteiger partial charge on any atom is 0.263 e. The van der Waals surface area contributed by atoms with E-state index in [1.165, 1.54) is 0 Å². The molecule has 0 atom stereocenters. The van der Waals surface area contributed by atoms with Crippen LogP contribution in [0.25, 0.3) is 10.9 Å². The van der Waals surface area contributed by atoms with Gasteiger partial charge >= 0.3 is 0 Å². The quantitative estimate of drug-likeness (QED) is 0.691. The molecule has 0 aliphatic heterocycles. The molecular weight excluding hydrogens is 177 g/mol. The summed E-state index contributed by atoms with van der Waals surface area (Å²) in [4.78, 5) is 11.1. The third-order valence-electron chi connectivity index (χ3n) is 2.17. The standard InChI is InChI=1S/C9H10BN3O/c1-10-13-5-6-3-2-4-7(9(11)14)8(6)12-13/h2-5,10H,1H3,(H2,11,14). The van der Waals surface area contributed by atoms with Gasteiger partial charge in [-0.25, -0.2) is 0 Å². The molecule has 2 rings (SSSR count). The Bertz CT molecular complexity index is 492. The molecule has 0 unspecified atom stereocenters. The van der Waals surface area contributed by atoms with Crippen molar-refractivity contribution in [2.45, 2.75) is 6.82 Å². The van der Waals surface area contributed by atoms with Crippen LogP contribution in [0.15, 0.2) is 24.4 Å². The zero-order valence-electron chi connectivity index (χ0n) is 7.90. The molecule has 0 fully saturated rings. The van der Waals surface area contributed by atoms with Crippen LogP contribution in [0.4, 0.5) is 0 Å². The molecule has 2 N–H and O–H groups in total. The highest BCUT2D eigenvalue weighted by Crippen LogP contribution is 2.15. The van der Waals surface area contributed by atoms with Gasteiger partial charge in [0, 0.05) is 11.6 Å². The van der Waals surface area contributed by atoms with Crippen LogP contribution in [0, 0.1) is 0 Å². The summed E-state index contributed by atoms with van der Waals surface area (Å²) in [6.45, 7) is 2.00. The second-order valence-electron chi connectivity index (χ2n) is 3.09. The van der Waals surface area contributed by atoms with E-state index in [0.717, 1.165) is 12.8 Å². The molecule has 1 aromatic heterocycles. The highest BCUT2D eigenvalue weighted by molar-refractivity contribution is 6.31. The lowest BCUT2D eigenvalue weighted by Crippen LogP contribution is -2.11. The van der Waals surface area contributed by atoms with Crippen molar-refractivity contribution in [1.82, 2.24) is 9.69 Å². The van der Waals surface area contributed by atoms with E-state index in [-0.39, 0.29) is 0 Å². The smallest absolute Gasteiger partial charge is 0.263 e. The van der Waals surface area contributed by atoms with Gasteiger partial charge in [-0.05, 0) is 6.07 Å². The van der Waals surface area contributed by atoms with Crippen molar-refractivity contribution in [2.75, 3.05) is 0 Å². The van der Waals surface area contributed by atoms with Gasteiger partial charge in [-0.1, -0.05) is 19.0 Å². The molecule has 0 aliphatic rings. The average Bonchev–Trinajstić information content (AvgIpc) is 2.59. The lowest BCUT2D eigenvalue weighted by Gasteiger charge is -1.94. The minimum Gasteiger partial charge on any atom is -0.366 e. The predicted octanol–water partition coefficient (Wildman–Crippen LogP) is 0.383. The van der Waals surface area contributed by atoms with Gasteiger partial charge in [-0.15, -0.1) is 0 Å². The summed E-state index contributed by atoms with van der Waals surface area (Å²) in [5.41, 5.74) is 6.41. The van der Waals surface area contributed by atoms with Crippen molar-refractivity contribution in [3.8, 4) is 0 Å². The van der Waals surface area contributed by atoms with Crippen molar-refractivity contribution in [1.29, 1.82) is 0 Å². The third kappa shape index (κ3) is 1.27. The number of fused-ring (bicyclic) bond motifs is 1. The van der Waals surface area contributed by atoms with Crippen LogP contribution in [0.1, 0.15) is 10.4 Å². The van der Waals surface area contributed by atoms with Crippen molar-refractivity contribution in [2.24, 2.45) is 5.73 Å². The highest BCUT2D eigenvalue weighted by atomic mass is 16.1. The molecule has 14 heavy (non-hydrogen) atoms. The molecule has 5 heteroatoms. The van der Waals surface area contributed by atoms with E-state index in [1.807, 2.05) is 25.2 Å². The van der Waals surface area contributed by atoms with Crippen LogP contribution in [-0.4, -0.2) is 23.0 Å². The Morgan fingerprint density at radius 2 is 2.36 bits per heavy atom. The van der Waals surface area contributed by atoms with Crippen LogP contribution in [0.2, 0.25) is 6.82 Å². The summed E-state index contributed by atoms with van der Waals surface area (Å²) in [5.74, 6) is -0.433. The maximum absolute atomic E-state index is 11.1. The van der Waals surface area contributed by atoms with E-state index in [1.54, 1.807) is 10.7 Å². The van der Waals surface area contributed by atoms with E-state index >= 15 is 0 Å². The maximum atomic E-state index is 11.1. The number of rotatable bonds is 2. The van der Waals surface area contributed by atoms with Crippen LogP contribution in [-0.2, 0) is 0 Å². The Balaban J connectivity index is 2.73. The lowest BCUT2D eigenvalue weighted by molar-refractivity contribution is 0.100. The first-order chi connectivity index (χ1) is 6.72. The highest BCUT2D eigenvalue weighted by Gasteiger charge is 2.08. The molecule has 0 saturated carbocycles.